The molecule has 0 atom stereocenters. The van der Waals surface area contributed by atoms with Gasteiger partial charge < -0.3 is 19.9 Å². The van der Waals surface area contributed by atoms with Gasteiger partial charge in [-0.1, -0.05) is 11.6 Å². The summed E-state index contributed by atoms with van der Waals surface area (Å²) in [5, 5.41) is 3.18. The number of carbonyl (C=O) groups is 1. The zero-order chi connectivity index (χ0) is 24.5. The van der Waals surface area contributed by atoms with Gasteiger partial charge in [0.25, 0.3) is 0 Å². The van der Waals surface area contributed by atoms with Gasteiger partial charge in [0, 0.05) is 67.7 Å². The molecule has 180 valence electrons. The van der Waals surface area contributed by atoms with Gasteiger partial charge in [0.2, 0.25) is 11.8 Å². The minimum absolute atomic E-state index is 0.0967. The molecule has 1 aliphatic heterocycles. The summed E-state index contributed by atoms with van der Waals surface area (Å²) >= 11 is 0. The molecule has 1 N–H and O–H groups in total. The molecule has 7 nitrogen and oxygen atoms in total. The molecule has 0 radical (unpaired) electrons. The highest BCUT2D eigenvalue weighted by Gasteiger charge is 2.23. The van der Waals surface area contributed by atoms with Crippen LogP contribution in [0.2, 0.25) is 0 Å². The van der Waals surface area contributed by atoms with E-state index in [0.29, 0.717) is 30.9 Å². The summed E-state index contributed by atoms with van der Waals surface area (Å²) in [5.41, 5.74) is 3.35. The Hall–Kier alpha value is -4.01. The molecule has 2 aromatic carbocycles. The number of ether oxygens (including phenoxy) is 1. The number of amides is 1. The predicted octanol–water partition coefficient (Wildman–Crippen LogP) is 4.92. The van der Waals surface area contributed by atoms with E-state index in [9.17, 15) is 13.6 Å². The Bertz CT molecular complexity index is 1300. The predicted molar refractivity (Wildman–Crippen MR) is 130 cm³/mol. The van der Waals surface area contributed by atoms with Crippen molar-refractivity contribution in [1.29, 1.82) is 0 Å². The van der Waals surface area contributed by atoms with Crippen molar-refractivity contribution in [3.05, 3.63) is 71.1 Å². The van der Waals surface area contributed by atoms with Crippen LogP contribution in [0.4, 0.5) is 26.0 Å². The second-order valence-electron chi connectivity index (χ2n) is 8.74. The van der Waals surface area contributed by atoms with Gasteiger partial charge in [-0.2, -0.15) is 0 Å². The lowest BCUT2D eigenvalue weighted by Crippen LogP contribution is -2.48. The third-order valence-corrected chi connectivity index (χ3v) is 6.26. The second kappa shape index (κ2) is 9.32. The fourth-order valence-corrected chi connectivity index (χ4v) is 4.40. The molecule has 0 unspecified atom stereocenters. The number of allylic oxidation sites excluding steroid dienone is 1. The molecular weight excluding hydrogens is 452 g/mol. The monoisotopic (exact) mass is 477 g/mol. The standard InChI is InChI=1S/C26H25F2N5O2/c1-16-11-20-21(12-16)26(28)23(13-22(20)27)35-25-14-24(29-15-30-25)31-18-3-5-19(6-4-18)33-9-7-32(8-10-33)17(2)34/h3-6,12-15H,7-11H2,1-2H3,(H,29,30,31). The van der Waals surface area contributed by atoms with Gasteiger partial charge in [0.1, 0.15) is 18.0 Å². The number of anilines is 3. The molecule has 1 fully saturated rings. The molecule has 0 saturated carbocycles. The van der Waals surface area contributed by atoms with Gasteiger partial charge in [-0.25, -0.2) is 18.7 Å². The molecule has 2 heterocycles. The van der Waals surface area contributed by atoms with E-state index in [1.165, 1.54) is 12.4 Å². The van der Waals surface area contributed by atoms with Gasteiger partial charge in [0.05, 0.1) is 0 Å². The average Bonchev–Trinajstić information content (AvgIpc) is 3.26. The molecule has 2 aliphatic rings. The lowest BCUT2D eigenvalue weighted by Gasteiger charge is -2.35. The minimum Gasteiger partial charge on any atom is -0.436 e. The Balaban J connectivity index is 1.26. The van der Waals surface area contributed by atoms with Crippen molar-refractivity contribution >= 4 is 29.2 Å². The first kappa shape index (κ1) is 22.8. The SMILES string of the molecule is CC(=O)N1CCN(c2ccc(Nc3cc(Oc4cc(F)c5c(c4F)C=C(C)C5)ncn3)cc2)CC1. The Labute approximate surface area is 202 Å². The summed E-state index contributed by atoms with van der Waals surface area (Å²) in [4.78, 5) is 23.8. The number of rotatable bonds is 5. The molecule has 1 aromatic heterocycles. The summed E-state index contributed by atoms with van der Waals surface area (Å²) < 4.78 is 34.9. The lowest BCUT2D eigenvalue weighted by molar-refractivity contribution is -0.129. The summed E-state index contributed by atoms with van der Waals surface area (Å²) in [6.45, 7) is 6.43. The third kappa shape index (κ3) is 4.80. The number of hydrogen-bond donors (Lipinski definition) is 1. The molecular formula is C26H25F2N5O2. The Morgan fingerprint density at radius 3 is 2.51 bits per heavy atom. The number of aromatic nitrogens is 2. The van der Waals surface area contributed by atoms with Crippen LogP contribution in [0.1, 0.15) is 25.0 Å². The van der Waals surface area contributed by atoms with Crippen molar-refractivity contribution in [2.75, 3.05) is 36.4 Å². The van der Waals surface area contributed by atoms with Gasteiger partial charge in [0.15, 0.2) is 11.6 Å². The van der Waals surface area contributed by atoms with Crippen LogP contribution in [0.3, 0.4) is 0 Å². The second-order valence-corrected chi connectivity index (χ2v) is 8.74. The smallest absolute Gasteiger partial charge is 0.224 e. The zero-order valence-electron chi connectivity index (χ0n) is 19.5. The number of nitrogens with one attached hydrogen (secondary N) is 1. The first-order valence-corrected chi connectivity index (χ1v) is 11.4. The topological polar surface area (TPSA) is 70.6 Å². The minimum atomic E-state index is -0.605. The number of halogens is 2. The van der Waals surface area contributed by atoms with E-state index >= 15 is 0 Å². The van der Waals surface area contributed by atoms with Crippen molar-refractivity contribution in [2.24, 2.45) is 0 Å². The summed E-state index contributed by atoms with van der Waals surface area (Å²) in [6.07, 6.45) is 3.33. The van der Waals surface area contributed by atoms with E-state index in [1.54, 1.807) is 13.0 Å². The Morgan fingerprint density at radius 1 is 1.06 bits per heavy atom. The molecule has 1 amide bonds. The lowest BCUT2D eigenvalue weighted by atomic mass is 10.1. The first-order chi connectivity index (χ1) is 16.9. The summed E-state index contributed by atoms with van der Waals surface area (Å²) in [6, 6.07) is 10.5. The van der Waals surface area contributed by atoms with Crippen LogP contribution in [0.25, 0.3) is 6.08 Å². The normalized spacial score (nSPS) is 15.0. The average molecular weight is 478 g/mol. The maximum Gasteiger partial charge on any atom is 0.224 e. The molecule has 1 saturated heterocycles. The molecule has 0 spiro atoms. The Kier molecular flexibility index (Phi) is 6.07. The number of piperazine rings is 1. The zero-order valence-corrected chi connectivity index (χ0v) is 19.5. The molecule has 9 heteroatoms. The number of nitrogens with zero attached hydrogens (tertiary/aromatic N) is 4. The molecule has 1 aliphatic carbocycles. The fourth-order valence-electron chi connectivity index (χ4n) is 4.40. The maximum absolute atomic E-state index is 14.9. The summed E-state index contributed by atoms with van der Waals surface area (Å²) in [5.74, 6) is -0.666. The molecule has 35 heavy (non-hydrogen) atoms. The van der Waals surface area contributed by atoms with E-state index in [0.717, 1.165) is 36.1 Å². The first-order valence-electron chi connectivity index (χ1n) is 11.4. The van der Waals surface area contributed by atoms with E-state index < -0.39 is 11.6 Å². The summed E-state index contributed by atoms with van der Waals surface area (Å²) in [7, 11) is 0. The van der Waals surface area contributed by atoms with Gasteiger partial charge in [-0.05, 0) is 37.6 Å². The van der Waals surface area contributed by atoms with Gasteiger partial charge in [-0.15, -0.1) is 0 Å². The maximum atomic E-state index is 14.9. The van der Waals surface area contributed by atoms with Crippen molar-refractivity contribution in [2.45, 2.75) is 20.3 Å². The van der Waals surface area contributed by atoms with Crippen LogP contribution in [0.15, 0.2) is 48.3 Å². The highest BCUT2D eigenvalue weighted by atomic mass is 19.1. The highest BCUT2D eigenvalue weighted by molar-refractivity contribution is 5.73. The number of hydrogen-bond acceptors (Lipinski definition) is 6. The van der Waals surface area contributed by atoms with E-state index in [-0.39, 0.29) is 23.1 Å². The van der Waals surface area contributed by atoms with Crippen LogP contribution < -0.4 is 15.0 Å². The third-order valence-electron chi connectivity index (χ3n) is 6.26. The van der Waals surface area contributed by atoms with Gasteiger partial charge in [-0.3, -0.25) is 4.79 Å². The van der Waals surface area contributed by atoms with Crippen molar-refractivity contribution in [3.63, 3.8) is 0 Å². The Morgan fingerprint density at radius 2 is 1.80 bits per heavy atom. The van der Waals surface area contributed by atoms with Crippen LogP contribution in [0.5, 0.6) is 11.6 Å². The van der Waals surface area contributed by atoms with E-state index in [4.69, 9.17) is 4.74 Å². The van der Waals surface area contributed by atoms with Crippen LogP contribution in [-0.2, 0) is 11.2 Å². The largest absolute Gasteiger partial charge is 0.436 e. The van der Waals surface area contributed by atoms with Crippen molar-refractivity contribution in [1.82, 2.24) is 14.9 Å². The fraction of sp³-hybridized carbons (Fsp3) is 0.269. The van der Waals surface area contributed by atoms with Crippen LogP contribution in [0, 0.1) is 11.6 Å². The molecule has 5 rings (SSSR count). The number of carbonyl (C=O) groups excluding carboxylic acids is 1. The number of benzene rings is 2. The molecule has 3 aromatic rings. The molecule has 0 bridgehead atoms. The van der Waals surface area contributed by atoms with Crippen molar-refractivity contribution in [3.8, 4) is 11.6 Å². The van der Waals surface area contributed by atoms with E-state index in [2.05, 4.69) is 20.2 Å². The number of fused-ring (bicyclic) bond motifs is 1. The van der Waals surface area contributed by atoms with E-state index in [1.807, 2.05) is 36.1 Å². The van der Waals surface area contributed by atoms with Crippen molar-refractivity contribution < 1.29 is 18.3 Å². The van der Waals surface area contributed by atoms with Crippen LogP contribution in [-0.4, -0.2) is 47.0 Å². The quantitative estimate of drug-likeness (QED) is 0.563. The van der Waals surface area contributed by atoms with Gasteiger partial charge >= 0.3 is 0 Å². The van der Waals surface area contributed by atoms with Crippen LogP contribution >= 0.6 is 0 Å². The highest BCUT2D eigenvalue weighted by Crippen LogP contribution is 2.36.